The highest BCUT2D eigenvalue weighted by Gasteiger charge is 2.27. The predicted molar refractivity (Wildman–Crippen MR) is 75.8 cm³/mol. The van der Waals surface area contributed by atoms with E-state index in [9.17, 15) is 13.2 Å². The Bertz CT molecular complexity index is 625. The van der Waals surface area contributed by atoms with Gasteiger partial charge in [-0.2, -0.15) is 0 Å². The second-order valence-corrected chi connectivity index (χ2v) is 7.34. The van der Waals surface area contributed by atoms with Crippen LogP contribution in [0.1, 0.15) is 29.6 Å². The van der Waals surface area contributed by atoms with Gasteiger partial charge in [0.1, 0.15) is 10.6 Å². The van der Waals surface area contributed by atoms with Crippen LogP contribution in [0.5, 0.6) is 5.75 Å². The van der Waals surface area contributed by atoms with Crippen LogP contribution in [0.3, 0.4) is 0 Å². The maximum absolute atomic E-state index is 12.3. The molecular weight excluding hydrogens is 302 g/mol. The van der Waals surface area contributed by atoms with Gasteiger partial charge < -0.3 is 9.64 Å². The Morgan fingerprint density at radius 3 is 2.50 bits per heavy atom. The molecule has 0 aromatic heterocycles. The van der Waals surface area contributed by atoms with Gasteiger partial charge in [0, 0.05) is 29.3 Å². The summed E-state index contributed by atoms with van der Waals surface area (Å²) >= 11 is 0. The molecule has 0 saturated heterocycles. The van der Waals surface area contributed by atoms with Gasteiger partial charge in [-0.05, 0) is 37.5 Å². The van der Waals surface area contributed by atoms with Crippen LogP contribution in [0.15, 0.2) is 23.1 Å². The lowest BCUT2D eigenvalue weighted by molar-refractivity contribution is 0.0651. The fraction of sp³-hybridized carbons (Fsp3) is 0.462. The third kappa shape index (κ3) is 2.91. The lowest BCUT2D eigenvalue weighted by Crippen LogP contribution is -2.41. The summed E-state index contributed by atoms with van der Waals surface area (Å²) in [5.74, 6) is -0.0817. The SMILES string of the molecule is COc1ccc(C(=O)N(C)C2CCC2)cc1S(=O)(=O)Cl. The summed E-state index contributed by atoms with van der Waals surface area (Å²) in [4.78, 5) is 13.8. The van der Waals surface area contributed by atoms with Crippen molar-refractivity contribution >= 4 is 25.6 Å². The molecule has 0 radical (unpaired) electrons. The van der Waals surface area contributed by atoms with Gasteiger partial charge in [-0.15, -0.1) is 0 Å². The second-order valence-electron chi connectivity index (χ2n) is 4.80. The topological polar surface area (TPSA) is 63.7 Å². The standard InChI is InChI=1S/C13H16ClNO4S/c1-15(10-4-3-5-10)13(16)9-6-7-11(19-2)12(8-9)20(14,17)18/h6-8,10H,3-5H2,1-2H3. The summed E-state index contributed by atoms with van der Waals surface area (Å²) in [7, 11) is 4.48. The third-order valence-electron chi connectivity index (χ3n) is 3.62. The van der Waals surface area contributed by atoms with E-state index >= 15 is 0 Å². The van der Waals surface area contributed by atoms with Crippen molar-refractivity contribution in [2.75, 3.05) is 14.2 Å². The molecule has 0 aliphatic heterocycles. The molecule has 1 amide bonds. The number of hydrogen-bond donors (Lipinski definition) is 0. The molecule has 1 aromatic carbocycles. The summed E-state index contributed by atoms with van der Waals surface area (Å²) in [6, 6.07) is 4.48. The largest absolute Gasteiger partial charge is 0.495 e. The highest BCUT2D eigenvalue weighted by Crippen LogP contribution is 2.30. The Labute approximate surface area is 122 Å². The molecule has 0 atom stereocenters. The molecular formula is C13H16ClNO4S. The number of carbonyl (C=O) groups excluding carboxylic acids is 1. The van der Waals surface area contributed by atoms with Crippen molar-refractivity contribution in [3.63, 3.8) is 0 Å². The number of hydrogen-bond acceptors (Lipinski definition) is 4. The van der Waals surface area contributed by atoms with Crippen molar-refractivity contribution in [3.8, 4) is 5.75 Å². The Morgan fingerprint density at radius 2 is 2.05 bits per heavy atom. The molecule has 0 heterocycles. The van der Waals surface area contributed by atoms with E-state index < -0.39 is 9.05 Å². The van der Waals surface area contributed by atoms with E-state index in [4.69, 9.17) is 15.4 Å². The molecule has 0 N–H and O–H groups in total. The number of amides is 1. The summed E-state index contributed by atoms with van der Waals surface area (Å²) in [6.07, 6.45) is 3.09. The maximum atomic E-state index is 12.3. The Morgan fingerprint density at radius 1 is 1.40 bits per heavy atom. The quantitative estimate of drug-likeness (QED) is 0.799. The van der Waals surface area contributed by atoms with Gasteiger partial charge in [0.05, 0.1) is 7.11 Å². The lowest BCUT2D eigenvalue weighted by Gasteiger charge is -2.34. The van der Waals surface area contributed by atoms with Crippen LogP contribution in [0.2, 0.25) is 0 Å². The Kier molecular flexibility index (Phi) is 4.25. The minimum Gasteiger partial charge on any atom is -0.495 e. The van der Waals surface area contributed by atoms with E-state index in [2.05, 4.69) is 0 Å². The average molecular weight is 318 g/mol. The third-order valence-corrected chi connectivity index (χ3v) is 4.96. The highest BCUT2D eigenvalue weighted by molar-refractivity contribution is 8.13. The van der Waals surface area contributed by atoms with Crippen LogP contribution in [0, 0.1) is 0 Å². The fourth-order valence-corrected chi connectivity index (χ4v) is 3.16. The Balaban J connectivity index is 2.35. The minimum atomic E-state index is -3.96. The molecule has 5 nitrogen and oxygen atoms in total. The van der Waals surface area contributed by atoms with Crippen molar-refractivity contribution in [3.05, 3.63) is 23.8 Å². The first-order valence-corrected chi connectivity index (χ1v) is 8.55. The van der Waals surface area contributed by atoms with E-state index in [0.717, 1.165) is 19.3 Å². The van der Waals surface area contributed by atoms with Gasteiger partial charge >= 0.3 is 0 Å². The fourth-order valence-electron chi connectivity index (χ4n) is 2.14. The number of methoxy groups -OCH3 is 1. The molecule has 0 bridgehead atoms. The van der Waals surface area contributed by atoms with Crippen LogP contribution >= 0.6 is 10.7 Å². The van der Waals surface area contributed by atoms with E-state index in [1.165, 1.54) is 19.2 Å². The van der Waals surface area contributed by atoms with Crippen LogP contribution < -0.4 is 4.74 Å². The summed E-state index contributed by atoms with van der Waals surface area (Å²) in [5.41, 5.74) is 0.291. The van der Waals surface area contributed by atoms with Gasteiger partial charge in [-0.3, -0.25) is 4.79 Å². The average Bonchev–Trinajstić information content (AvgIpc) is 2.34. The number of ether oxygens (including phenoxy) is 1. The minimum absolute atomic E-state index is 0.128. The first-order chi connectivity index (χ1) is 9.34. The molecule has 110 valence electrons. The predicted octanol–water partition coefficient (Wildman–Crippen LogP) is 2.25. The zero-order valence-corrected chi connectivity index (χ0v) is 12.9. The smallest absolute Gasteiger partial charge is 0.265 e. The van der Waals surface area contributed by atoms with Crippen LogP contribution in [0.25, 0.3) is 0 Å². The van der Waals surface area contributed by atoms with Gasteiger partial charge in [0.15, 0.2) is 0 Å². The number of nitrogens with zero attached hydrogens (tertiary/aromatic N) is 1. The highest BCUT2D eigenvalue weighted by atomic mass is 35.7. The molecule has 1 aromatic rings. The van der Waals surface area contributed by atoms with Gasteiger partial charge in [0.25, 0.3) is 15.0 Å². The summed E-state index contributed by atoms with van der Waals surface area (Å²) in [6.45, 7) is 0. The van der Waals surface area contributed by atoms with Crippen molar-refractivity contribution in [1.82, 2.24) is 4.90 Å². The van der Waals surface area contributed by atoms with Crippen LogP contribution in [-0.4, -0.2) is 39.4 Å². The van der Waals surface area contributed by atoms with Crippen molar-refractivity contribution in [1.29, 1.82) is 0 Å². The normalized spacial score (nSPS) is 15.6. The number of benzene rings is 1. The van der Waals surface area contributed by atoms with Gasteiger partial charge in [0.2, 0.25) is 0 Å². The zero-order valence-electron chi connectivity index (χ0n) is 11.3. The van der Waals surface area contributed by atoms with Gasteiger partial charge in [-0.1, -0.05) is 0 Å². The van der Waals surface area contributed by atoms with Crippen LogP contribution in [-0.2, 0) is 9.05 Å². The first kappa shape index (κ1) is 15.1. The van der Waals surface area contributed by atoms with Crippen LogP contribution in [0.4, 0.5) is 0 Å². The van der Waals surface area contributed by atoms with Gasteiger partial charge in [-0.25, -0.2) is 8.42 Å². The van der Waals surface area contributed by atoms with Crippen molar-refractivity contribution in [2.24, 2.45) is 0 Å². The number of rotatable bonds is 4. The zero-order chi connectivity index (χ0) is 14.9. The monoisotopic (exact) mass is 317 g/mol. The molecule has 0 spiro atoms. The molecule has 1 aliphatic rings. The number of carbonyl (C=O) groups is 1. The molecule has 1 aliphatic carbocycles. The number of halogens is 1. The van der Waals surface area contributed by atoms with Crippen molar-refractivity contribution in [2.45, 2.75) is 30.2 Å². The van der Waals surface area contributed by atoms with Crippen molar-refractivity contribution < 1.29 is 17.9 Å². The van der Waals surface area contributed by atoms with E-state index in [-0.39, 0.29) is 22.6 Å². The maximum Gasteiger partial charge on any atom is 0.265 e. The first-order valence-electron chi connectivity index (χ1n) is 6.24. The molecule has 20 heavy (non-hydrogen) atoms. The van der Waals surface area contributed by atoms with E-state index in [0.29, 0.717) is 5.56 Å². The molecule has 2 rings (SSSR count). The molecule has 0 unspecified atom stereocenters. The Hall–Kier alpha value is -1.27. The van der Waals surface area contributed by atoms with E-state index in [1.54, 1.807) is 18.0 Å². The van der Waals surface area contributed by atoms with E-state index in [1.807, 2.05) is 0 Å². The molecule has 7 heteroatoms. The second kappa shape index (κ2) is 5.61. The lowest BCUT2D eigenvalue weighted by atomic mass is 9.91. The molecule has 1 saturated carbocycles. The molecule has 1 fully saturated rings. The summed E-state index contributed by atoms with van der Waals surface area (Å²) < 4.78 is 28.0. The summed E-state index contributed by atoms with van der Waals surface area (Å²) in [5, 5.41) is 0.